The smallest absolute Gasteiger partial charge is 0.410 e. The van der Waals surface area contributed by atoms with Gasteiger partial charge in [-0.25, -0.2) is 19.2 Å². The second kappa shape index (κ2) is 14.4. The van der Waals surface area contributed by atoms with Crippen LogP contribution in [-0.4, -0.2) is 84.6 Å². The number of hydrogen-bond acceptors (Lipinski definition) is 8. The van der Waals surface area contributed by atoms with Gasteiger partial charge in [0.1, 0.15) is 35.6 Å². The molecule has 0 radical (unpaired) electrons. The monoisotopic (exact) mass is 683 g/mol. The summed E-state index contributed by atoms with van der Waals surface area (Å²) in [5, 5.41) is 3.19. The van der Waals surface area contributed by atoms with Crippen molar-refractivity contribution >= 4 is 31.1 Å². The van der Waals surface area contributed by atoms with Crippen molar-refractivity contribution in [1.29, 1.82) is 0 Å². The van der Waals surface area contributed by atoms with Crippen LogP contribution in [0.2, 0.25) is 25.7 Å². The molecule has 2 amide bonds. The number of nitrogens with zero attached hydrogens (tertiary/aromatic N) is 4. The molecule has 3 aromatic rings. The lowest BCUT2D eigenvalue weighted by Gasteiger charge is -2.33. The van der Waals surface area contributed by atoms with Gasteiger partial charge in [-0.1, -0.05) is 19.6 Å². The average molecular weight is 684 g/mol. The summed E-state index contributed by atoms with van der Waals surface area (Å²) in [6.07, 6.45) is 4.44. The van der Waals surface area contributed by atoms with Crippen molar-refractivity contribution in [2.75, 3.05) is 33.4 Å². The van der Waals surface area contributed by atoms with E-state index in [4.69, 9.17) is 18.9 Å². The maximum absolute atomic E-state index is 15.0. The highest BCUT2D eigenvalue weighted by Gasteiger charge is 2.31. The van der Waals surface area contributed by atoms with Crippen molar-refractivity contribution in [2.24, 2.45) is 5.92 Å². The topological polar surface area (TPSA) is 117 Å². The third kappa shape index (κ3) is 8.65. The quantitative estimate of drug-likeness (QED) is 0.164. The molecule has 3 heterocycles. The summed E-state index contributed by atoms with van der Waals surface area (Å²) < 4.78 is 40.2. The second-order valence-electron chi connectivity index (χ2n) is 15.1. The molecule has 2 aromatic heterocycles. The number of nitrogens with one attached hydrogen (secondary N) is 1. The van der Waals surface area contributed by atoms with E-state index in [0.29, 0.717) is 84.4 Å². The molecule has 2 aliphatic rings. The summed E-state index contributed by atoms with van der Waals surface area (Å²) in [4.78, 5) is 37.6. The molecule has 1 N–H and O–H groups in total. The van der Waals surface area contributed by atoms with E-state index in [1.165, 1.54) is 19.5 Å². The fourth-order valence-electron chi connectivity index (χ4n) is 5.73. The van der Waals surface area contributed by atoms with Crippen LogP contribution in [0, 0.1) is 18.7 Å². The number of piperidine rings is 1. The number of carbonyl (C=O) groups excluding carboxylic acids is 2. The SMILES string of the molecule is COc1cc(-c2ncnc3c(C(=O)NC4CCN(C(=O)OC(C)(C)C)CC4)c(C)n(COCC[Si](C)(C)C)c23)c(OCC2CC2)cc1F. The Morgan fingerprint density at radius 2 is 1.77 bits per heavy atom. The van der Waals surface area contributed by atoms with Crippen LogP contribution in [0.15, 0.2) is 18.5 Å². The van der Waals surface area contributed by atoms with Gasteiger partial charge < -0.3 is 33.7 Å². The number of aromatic nitrogens is 3. The van der Waals surface area contributed by atoms with Crippen molar-refractivity contribution in [1.82, 2.24) is 24.8 Å². The van der Waals surface area contributed by atoms with Gasteiger partial charge in [0.05, 0.1) is 24.8 Å². The molecule has 1 aliphatic carbocycles. The third-order valence-corrected chi connectivity index (χ3v) is 10.4. The molecule has 1 aromatic carbocycles. The Hall–Kier alpha value is -3.71. The van der Waals surface area contributed by atoms with Gasteiger partial charge in [-0.05, 0) is 71.4 Å². The number of fused-ring (bicyclic) bond motifs is 1. The zero-order valence-corrected chi connectivity index (χ0v) is 30.6. The van der Waals surface area contributed by atoms with E-state index in [1.54, 1.807) is 11.0 Å². The van der Waals surface area contributed by atoms with Crippen LogP contribution in [0.4, 0.5) is 9.18 Å². The molecule has 1 aliphatic heterocycles. The molecule has 1 saturated heterocycles. The van der Waals surface area contributed by atoms with E-state index in [-0.39, 0.29) is 30.5 Å². The molecular weight excluding hydrogens is 633 g/mol. The number of ether oxygens (including phenoxy) is 4. The number of amides is 2. The molecular formula is C35H50FN5O6Si. The summed E-state index contributed by atoms with van der Waals surface area (Å²) in [5.74, 6) is 0.0722. The third-order valence-electron chi connectivity index (χ3n) is 8.70. The number of methoxy groups -OCH3 is 1. The van der Waals surface area contributed by atoms with Crippen LogP contribution < -0.4 is 14.8 Å². The summed E-state index contributed by atoms with van der Waals surface area (Å²) in [7, 11) is 0.0724. The number of likely N-dealkylation sites (tertiary alicyclic amines) is 1. The Kier molecular flexibility index (Phi) is 10.7. The highest BCUT2D eigenvalue weighted by molar-refractivity contribution is 6.76. The fourth-order valence-corrected chi connectivity index (χ4v) is 6.49. The minimum absolute atomic E-state index is 0.0624. The van der Waals surface area contributed by atoms with E-state index in [9.17, 15) is 14.0 Å². The van der Waals surface area contributed by atoms with Crippen LogP contribution >= 0.6 is 0 Å². The summed E-state index contributed by atoms with van der Waals surface area (Å²) in [6.45, 7) is 16.5. The van der Waals surface area contributed by atoms with Crippen LogP contribution in [0.1, 0.15) is 62.5 Å². The first-order valence-electron chi connectivity index (χ1n) is 16.9. The molecule has 0 bridgehead atoms. The van der Waals surface area contributed by atoms with Crippen LogP contribution in [-0.2, 0) is 16.2 Å². The van der Waals surface area contributed by atoms with Crippen LogP contribution in [0.5, 0.6) is 11.5 Å². The van der Waals surface area contributed by atoms with Crippen molar-refractivity contribution in [3.8, 4) is 22.8 Å². The minimum atomic E-state index is -1.35. The normalized spacial score (nSPS) is 15.9. The highest BCUT2D eigenvalue weighted by Crippen LogP contribution is 2.40. The molecule has 13 heteroatoms. The van der Waals surface area contributed by atoms with Gasteiger partial charge in [-0.3, -0.25) is 4.79 Å². The lowest BCUT2D eigenvalue weighted by Crippen LogP contribution is -2.47. The predicted molar refractivity (Wildman–Crippen MR) is 185 cm³/mol. The van der Waals surface area contributed by atoms with Gasteiger partial charge in [-0.15, -0.1) is 0 Å². The molecule has 262 valence electrons. The molecule has 48 heavy (non-hydrogen) atoms. The van der Waals surface area contributed by atoms with E-state index < -0.39 is 19.5 Å². The first-order chi connectivity index (χ1) is 22.6. The minimum Gasteiger partial charge on any atom is -0.494 e. The van der Waals surface area contributed by atoms with Crippen molar-refractivity contribution in [3.63, 3.8) is 0 Å². The number of hydrogen-bond donors (Lipinski definition) is 1. The molecule has 0 atom stereocenters. The van der Waals surface area contributed by atoms with Gasteiger partial charge in [0.15, 0.2) is 11.6 Å². The van der Waals surface area contributed by atoms with E-state index in [2.05, 4.69) is 34.9 Å². The average Bonchev–Trinajstić information content (AvgIpc) is 3.79. The first kappa shape index (κ1) is 35.6. The van der Waals surface area contributed by atoms with Gasteiger partial charge in [-0.2, -0.15) is 0 Å². The highest BCUT2D eigenvalue weighted by atomic mass is 28.3. The number of rotatable bonds is 12. The zero-order valence-electron chi connectivity index (χ0n) is 29.6. The first-order valence-corrected chi connectivity index (χ1v) is 20.6. The largest absolute Gasteiger partial charge is 0.494 e. The van der Waals surface area contributed by atoms with Gasteiger partial charge in [0.2, 0.25) is 0 Å². The Labute approximate surface area is 283 Å². The lowest BCUT2D eigenvalue weighted by atomic mass is 10.0. The maximum atomic E-state index is 15.0. The van der Waals surface area contributed by atoms with Crippen LogP contribution in [0.3, 0.4) is 0 Å². The van der Waals surface area contributed by atoms with Crippen molar-refractivity contribution in [2.45, 2.75) is 97.4 Å². The predicted octanol–water partition coefficient (Wildman–Crippen LogP) is 6.78. The van der Waals surface area contributed by atoms with Crippen molar-refractivity contribution < 1.29 is 32.9 Å². The van der Waals surface area contributed by atoms with Crippen LogP contribution in [0.25, 0.3) is 22.3 Å². The van der Waals surface area contributed by atoms with E-state index in [1.807, 2.05) is 32.3 Å². The number of halogens is 1. The Morgan fingerprint density at radius 3 is 2.40 bits per heavy atom. The Balaban J connectivity index is 1.48. The number of carbonyl (C=O) groups is 2. The second-order valence-corrected chi connectivity index (χ2v) is 20.7. The fraction of sp³-hybridized carbons (Fsp3) is 0.600. The number of benzene rings is 1. The molecule has 5 rings (SSSR count). The van der Waals surface area contributed by atoms with Crippen molar-refractivity contribution in [3.05, 3.63) is 35.5 Å². The summed E-state index contributed by atoms with van der Waals surface area (Å²) >= 11 is 0. The lowest BCUT2D eigenvalue weighted by molar-refractivity contribution is 0.0199. The van der Waals surface area contributed by atoms with Gasteiger partial charge in [0.25, 0.3) is 5.91 Å². The molecule has 0 unspecified atom stereocenters. The molecule has 0 spiro atoms. The summed E-state index contributed by atoms with van der Waals surface area (Å²) in [6, 6.07) is 3.79. The van der Waals surface area contributed by atoms with E-state index >= 15 is 0 Å². The summed E-state index contributed by atoms with van der Waals surface area (Å²) in [5.41, 5.74) is 2.62. The zero-order chi connectivity index (χ0) is 34.8. The Bertz CT molecular complexity index is 1640. The Morgan fingerprint density at radius 1 is 1.06 bits per heavy atom. The molecule has 1 saturated carbocycles. The van der Waals surface area contributed by atoms with Gasteiger partial charge in [0, 0.05) is 51.1 Å². The standard InChI is InChI=1S/C35H50FN5O6Si/c1-22-29(33(42)39-24-11-13-40(14-12-24)34(43)47-35(2,3)4)31-32(41(22)21-45-15-16-48(6,7)8)30(37-20-38-31)25-17-28(44-5)26(36)18-27(25)46-19-23-9-10-23/h17-18,20,23-24H,9-16,19,21H2,1-8H3,(H,39,42). The van der Waals surface area contributed by atoms with E-state index in [0.717, 1.165) is 18.9 Å². The molecule has 11 nitrogen and oxygen atoms in total. The van der Waals surface area contributed by atoms with Gasteiger partial charge >= 0.3 is 6.09 Å². The maximum Gasteiger partial charge on any atom is 0.410 e. The molecule has 2 fully saturated rings.